The van der Waals surface area contributed by atoms with E-state index in [4.69, 9.17) is 4.52 Å². The Kier molecular flexibility index (Phi) is 5.29. The second kappa shape index (κ2) is 7.43. The van der Waals surface area contributed by atoms with E-state index in [2.05, 4.69) is 12.1 Å². The minimum atomic E-state index is 0.156. The van der Waals surface area contributed by atoms with Gasteiger partial charge in [0.25, 0.3) is 5.91 Å². The zero-order valence-corrected chi connectivity index (χ0v) is 15.4. The number of likely N-dealkylation sites (tertiary alicyclic amines) is 1. The Balaban J connectivity index is 1.74. The summed E-state index contributed by atoms with van der Waals surface area (Å²) < 4.78 is 5.23. The fourth-order valence-electron chi connectivity index (χ4n) is 3.01. The van der Waals surface area contributed by atoms with E-state index in [-0.39, 0.29) is 5.91 Å². The van der Waals surface area contributed by atoms with Gasteiger partial charge in [-0.1, -0.05) is 24.2 Å². The summed E-state index contributed by atoms with van der Waals surface area (Å²) in [5, 5.41) is 4.00. The van der Waals surface area contributed by atoms with Gasteiger partial charge in [-0.15, -0.1) is 11.8 Å². The minimum Gasteiger partial charge on any atom is -0.361 e. The van der Waals surface area contributed by atoms with E-state index in [9.17, 15) is 4.79 Å². The van der Waals surface area contributed by atoms with Crippen molar-refractivity contribution in [3.05, 3.63) is 46.8 Å². The lowest BCUT2D eigenvalue weighted by molar-refractivity contribution is 0.0693. The second-order valence-corrected chi connectivity index (χ2v) is 7.58. The van der Waals surface area contributed by atoms with E-state index >= 15 is 0 Å². The standard InChI is InChI=1S/C19H24N2O2S/c1-13-8-10-21(11-9-13)19(22)16-6-4-5-7-18(16)24-12-17-14(2)20-23-15(17)3/h4-7,13H,8-12H2,1-3H3. The molecule has 1 aliphatic heterocycles. The van der Waals surface area contributed by atoms with Crippen LogP contribution in [0, 0.1) is 19.8 Å². The third-order valence-corrected chi connectivity index (χ3v) is 5.84. The van der Waals surface area contributed by atoms with Crippen LogP contribution in [0.1, 0.15) is 47.1 Å². The first-order valence-corrected chi connectivity index (χ1v) is 9.47. The summed E-state index contributed by atoms with van der Waals surface area (Å²) in [4.78, 5) is 15.9. The first kappa shape index (κ1) is 17.1. The minimum absolute atomic E-state index is 0.156. The lowest BCUT2D eigenvalue weighted by Gasteiger charge is -2.30. The van der Waals surface area contributed by atoms with E-state index in [0.717, 1.165) is 65.1 Å². The molecular formula is C19H24N2O2S. The number of benzene rings is 1. The normalized spacial score (nSPS) is 15.7. The van der Waals surface area contributed by atoms with Gasteiger partial charge in [0, 0.05) is 29.3 Å². The third kappa shape index (κ3) is 3.66. The highest BCUT2D eigenvalue weighted by Gasteiger charge is 2.23. The summed E-state index contributed by atoms with van der Waals surface area (Å²) in [5.74, 6) is 2.50. The van der Waals surface area contributed by atoms with Crippen molar-refractivity contribution in [2.45, 2.75) is 44.3 Å². The molecule has 128 valence electrons. The molecule has 0 atom stereocenters. The topological polar surface area (TPSA) is 46.3 Å². The molecular weight excluding hydrogens is 320 g/mol. The molecule has 1 amide bonds. The number of rotatable bonds is 4. The van der Waals surface area contributed by atoms with Gasteiger partial charge in [-0.05, 0) is 44.7 Å². The lowest BCUT2D eigenvalue weighted by Crippen LogP contribution is -2.38. The molecule has 2 aromatic rings. The number of aryl methyl sites for hydroxylation is 2. The number of carbonyl (C=O) groups excluding carboxylic acids is 1. The van der Waals surface area contributed by atoms with Crippen LogP contribution < -0.4 is 0 Å². The number of aromatic nitrogens is 1. The number of hydrogen-bond acceptors (Lipinski definition) is 4. The van der Waals surface area contributed by atoms with E-state index in [1.165, 1.54) is 0 Å². The van der Waals surface area contributed by atoms with Gasteiger partial charge >= 0.3 is 0 Å². The Bertz CT molecular complexity index is 698. The van der Waals surface area contributed by atoms with Crippen molar-refractivity contribution in [2.24, 2.45) is 5.92 Å². The van der Waals surface area contributed by atoms with Gasteiger partial charge in [-0.25, -0.2) is 0 Å². The summed E-state index contributed by atoms with van der Waals surface area (Å²) in [7, 11) is 0. The molecule has 1 fully saturated rings. The summed E-state index contributed by atoms with van der Waals surface area (Å²) in [6, 6.07) is 7.91. The van der Waals surface area contributed by atoms with Crippen molar-refractivity contribution < 1.29 is 9.32 Å². The quantitative estimate of drug-likeness (QED) is 0.769. The van der Waals surface area contributed by atoms with Gasteiger partial charge in [0.05, 0.1) is 11.3 Å². The molecule has 1 aromatic carbocycles. The maximum Gasteiger partial charge on any atom is 0.254 e. The summed E-state index contributed by atoms with van der Waals surface area (Å²) >= 11 is 1.68. The van der Waals surface area contributed by atoms with E-state index < -0.39 is 0 Å². The Hall–Kier alpha value is -1.75. The fourth-order valence-corrected chi connectivity index (χ4v) is 4.21. The molecule has 1 aliphatic rings. The van der Waals surface area contributed by atoms with Crippen LogP contribution in [0.15, 0.2) is 33.7 Å². The summed E-state index contributed by atoms with van der Waals surface area (Å²) in [6.07, 6.45) is 2.19. The summed E-state index contributed by atoms with van der Waals surface area (Å²) in [6.45, 7) is 7.88. The molecule has 2 heterocycles. The number of amides is 1. The third-order valence-electron chi connectivity index (χ3n) is 4.74. The predicted molar refractivity (Wildman–Crippen MR) is 96.3 cm³/mol. The van der Waals surface area contributed by atoms with Crippen LogP contribution in [-0.4, -0.2) is 29.1 Å². The maximum absolute atomic E-state index is 12.9. The smallest absolute Gasteiger partial charge is 0.254 e. The monoisotopic (exact) mass is 344 g/mol. The van der Waals surface area contributed by atoms with Crippen LogP contribution in [0.2, 0.25) is 0 Å². The molecule has 1 saturated heterocycles. The van der Waals surface area contributed by atoms with Crippen LogP contribution in [0.5, 0.6) is 0 Å². The van der Waals surface area contributed by atoms with Gasteiger partial charge in [0.15, 0.2) is 0 Å². The van der Waals surface area contributed by atoms with Gasteiger partial charge in [0.2, 0.25) is 0 Å². The van der Waals surface area contributed by atoms with Crippen LogP contribution in [0.25, 0.3) is 0 Å². The molecule has 0 saturated carbocycles. The Morgan fingerprint density at radius 1 is 1.29 bits per heavy atom. The molecule has 3 rings (SSSR count). The first-order chi connectivity index (χ1) is 11.6. The van der Waals surface area contributed by atoms with Crippen molar-refractivity contribution in [1.29, 1.82) is 0 Å². The number of nitrogens with zero attached hydrogens (tertiary/aromatic N) is 2. The van der Waals surface area contributed by atoms with Crippen LogP contribution >= 0.6 is 11.8 Å². The predicted octanol–water partition coefficient (Wildman–Crippen LogP) is 4.46. The highest BCUT2D eigenvalue weighted by molar-refractivity contribution is 7.98. The Morgan fingerprint density at radius 2 is 2.00 bits per heavy atom. The number of carbonyl (C=O) groups is 1. The molecule has 4 nitrogen and oxygen atoms in total. The second-order valence-electron chi connectivity index (χ2n) is 6.56. The number of piperidine rings is 1. The van der Waals surface area contributed by atoms with Crippen LogP contribution in [0.3, 0.4) is 0 Å². The molecule has 0 unspecified atom stereocenters. The molecule has 0 radical (unpaired) electrons. The molecule has 24 heavy (non-hydrogen) atoms. The maximum atomic E-state index is 12.9. The average Bonchev–Trinajstić information content (AvgIpc) is 2.91. The zero-order valence-electron chi connectivity index (χ0n) is 14.5. The molecule has 5 heteroatoms. The van der Waals surface area contributed by atoms with E-state index in [1.54, 1.807) is 11.8 Å². The van der Waals surface area contributed by atoms with Crippen molar-refractivity contribution in [2.75, 3.05) is 13.1 Å². The Morgan fingerprint density at radius 3 is 2.67 bits per heavy atom. The fraction of sp³-hybridized carbons (Fsp3) is 0.474. The van der Waals surface area contributed by atoms with Gasteiger partial charge in [0.1, 0.15) is 5.76 Å². The highest BCUT2D eigenvalue weighted by atomic mass is 32.2. The van der Waals surface area contributed by atoms with Gasteiger partial charge in [-0.3, -0.25) is 4.79 Å². The van der Waals surface area contributed by atoms with Gasteiger partial charge < -0.3 is 9.42 Å². The zero-order chi connectivity index (χ0) is 17.1. The SMILES string of the molecule is Cc1noc(C)c1CSc1ccccc1C(=O)N1CCC(C)CC1. The first-order valence-electron chi connectivity index (χ1n) is 8.49. The number of thioether (sulfide) groups is 1. The Labute approximate surface area is 147 Å². The molecule has 1 aromatic heterocycles. The van der Waals surface area contributed by atoms with Crippen molar-refractivity contribution in [1.82, 2.24) is 10.1 Å². The summed E-state index contributed by atoms with van der Waals surface area (Å²) in [5.41, 5.74) is 2.85. The highest BCUT2D eigenvalue weighted by Crippen LogP contribution is 2.30. The van der Waals surface area contributed by atoms with E-state index in [1.807, 2.05) is 43.0 Å². The van der Waals surface area contributed by atoms with Crippen molar-refractivity contribution >= 4 is 17.7 Å². The van der Waals surface area contributed by atoms with Gasteiger partial charge in [-0.2, -0.15) is 0 Å². The molecule has 0 spiro atoms. The molecule has 0 N–H and O–H groups in total. The average molecular weight is 344 g/mol. The largest absolute Gasteiger partial charge is 0.361 e. The van der Waals surface area contributed by atoms with Crippen LogP contribution in [-0.2, 0) is 5.75 Å². The molecule has 0 aliphatic carbocycles. The van der Waals surface area contributed by atoms with Crippen molar-refractivity contribution in [3.63, 3.8) is 0 Å². The molecule has 0 bridgehead atoms. The lowest BCUT2D eigenvalue weighted by atomic mass is 9.98. The number of hydrogen-bond donors (Lipinski definition) is 0. The van der Waals surface area contributed by atoms with Crippen LogP contribution in [0.4, 0.5) is 0 Å². The van der Waals surface area contributed by atoms with Crippen molar-refractivity contribution in [3.8, 4) is 0 Å². The van der Waals surface area contributed by atoms with E-state index in [0.29, 0.717) is 0 Å².